The van der Waals surface area contributed by atoms with Crippen LogP contribution in [0, 0.1) is 0 Å². The average Bonchev–Trinajstić information content (AvgIpc) is 2.83. The molecule has 0 aromatic heterocycles. The molecule has 0 amide bonds. The minimum absolute atomic E-state index is 0.114. The molecule has 0 unspecified atom stereocenters. The Balaban J connectivity index is 2.71. The molecule has 0 bridgehead atoms. The monoisotopic (exact) mass is 271 g/mol. The van der Waals surface area contributed by atoms with Gasteiger partial charge in [-0.2, -0.15) is 11.8 Å². The molecule has 1 aliphatic heterocycles. The molecule has 1 heterocycles. The van der Waals surface area contributed by atoms with E-state index in [1.807, 2.05) is 6.08 Å². The van der Waals surface area contributed by atoms with E-state index in [0.717, 1.165) is 17.2 Å². The van der Waals surface area contributed by atoms with E-state index in [-0.39, 0.29) is 18.8 Å². The Kier molecular flexibility index (Phi) is 6.35. The number of hydrogen-bond acceptors (Lipinski definition) is 6. The molecule has 0 atom stereocenters. The number of thioether (sulfide) groups is 1. The predicted molar refractivity (Wildman–Crippen MR) is 69.9 cm³/mol. The number of rotatable bonds is 6. The second kappa shape index (κ2) is 7.81. The van der Waals surface area contributed by atoms with Crippen LogP contribution >= 0.6 is 11.8 Å². The lowest BCUT2D eigenvalue weighted by Crippen LogP contribution is -2.21. The van der Waals surface area contributed by atoms with Gasteiger partial charge in [0.05, 0.1) is 13.2 Å². The summed E-state index contributed by atoms with van der Waals surface area (Å²) in [5, 5.41) is 2.94. The van der Waals surface area contributed by atoms with Crippen molar-refractivity contribution in [2.75, 3.05) is 24.7 Å². The molecule has 0 saturated carbocycles. The van der Waals surface area contributed by atoms with Crippen molar-refractivity contribution in [2.45, 2.75) is 13.8 Å². The van der Waals surface area contributed by atoms with Crippen LogP contribution in [0.1, 0.15) is 13.8 Å². The summed E-state index contributed by atoms with van der Waals surface area (Å²) in [5.74, 6) is 0.434. The standard InChI is InChI=1S/C12H17NO4S/c1-3-16-11(14)10(12(15)17-4-2)7-13-9-5-6-18-8-9/h5,7,13H,3-4,6,8H2,1-2H3. The Morgan fingerprint density at radius 1 is 1.33 bits per heavy atom. The number of nitrogens with one attached hydrogen (secondary N) is 1. The summed E-state index contributed by atoms with van der Waals surface area (Å²) in [5.41, 5.74) is 0.864. The SMILES string of the molecule is CCOC(=O)C(=CNC1=CCSC1)C(=O)OCC. The second-order valence-electron chi connectivity index (χ2n) is 3.39. The van der Waals surface area contributed by atoms with E-state index in [2.05, 4.69) is 5.32 Å². The molecule has 18 heavy (non-hydrogen) atoms. The number of esters is 2. The van der Waals surface area contributed by atoms with Crippen molar-refractivity contribution in [1.29, 1.82) is 0 Å². The maximum atomic E-state index is 11.6. The fraction of sp³-hybridized carbons (Fsp3) is 0.500. The summed E-state index contributed by atoms with van der Waals surface area (Å²) in [6.07, 6.45) is 3.36. The minimum Gasteiger partial charge on any atom is -0.462 e. The average molecular weight is 271 g/mol. The van der Waals surface area contributed by atoms with Gasteiger partial charge in [-0.25, -0.2) is 9.59 Å². The van der Waals surface area contributed by atoms with Crippen LogP contribution < -0.4 is 5.32 Å². The fourth-order valence-electron chi connectivity index (χ4n) is 1.27. The Bertz CT molecular complexity index is 356. The molecular weight excluding hydrogens is 254 g/mol. The zero-order valence-electron chi connectivity index (χ0n) is 10.5. The highest BCUT2D eigenvalue weighted by Crippen LogP contribution is 2.14. The Labute approximate surface area is 111 Å². The summed E-state index contributed by atoms with van der Waals surface area (Å²) in [7, 11) is 0. The van der Waals surface area contributed by atoms with Crippen molar-refractivity contribution in [3.8, 4) is 0 Å². The van der Waals surface area contributed by atoms with E-state index in [9.17, 15) is 9.59 Å². The smallest absolute Gasteiger partial charge is 0.347 e. The highest BCUT2D eigenvalue weighted by atomic mass is 32.2. The Morgan fingerprint density at radius 2 is 1.94 bits per heavy atom. The fourth-order valence-corrected chi connectivity index (χ4v) is 2.13. The lowest BCUT2D eigenvalue weighted by molar-refractivity contribution is -0.146. The first-order chi connectivity index (χ1) is 8.69. The first-order valence-corrected chi connectivity index (χ1v) is 6.92. The van der Waals surface area contributed by atoms with Crippen molar-refractivity contribution in [3.63, 3.8) is 0 Å². The van der Waals surface area contributed by atoms with Gasteiger partial charge in [-0.3, -0.25) is 0 Å². The number of hydrogen-bond donors (Lipinski definition) is 1. The summed E-state index contributed by atoms with van der Waals surface area (Å²) < 4.78 is 9.63. The second-order valence-corrected chi connectivity index (χ2v) is 4.42. The molecule has 6 heteroatoms. The van der Waals surface area contributed by atoms with E-state index < -0.39 is 11.9 Å². The van der Waals surface area contributed by atoms with E-state index in [1.54, 1.807) is 25.6 Å². The predicted octanol–water partition coefficient (Wildman–Crippen LogP) is 1.22. The highest BCUT2D eigenvalue weighted by molar-refractivity contribution is 7.99. The lowest BCUT2D eigenvalue weighted by atomic mass is 10.3. The molecule has 5 nitrogen and oxygen atoms in total. The summed E-state index contributed by atoms with van der Waals surface area (Å²) >= 11 is 1.75. The molecule has 0 saturated heterocycles. The zero-order chi connectivity index (χ0) is 13.4. The van der Waals surface area contributed by atoms with E-state index >= 15 is 0 Å². The van der Waals surface area contributed by atoms with Gasteiger partial charge in [-0.05, 0) is 13.8 Å². The molecule has 0 aromatic rings. The molecule has 1 N–H and O–H groups in total. The third-order valence-electron chi connectivity index (χ3n) is 2.10. The molecule has 0 spiro atoms. The molecule has 0 aromatic carbocycles. The summed E-state index contributed by atoms with van der Waals surface area (Å²) in [6.45, 7) is 3.80. The van der Waals surface area contributed by atoms with Crippen LogP contribution in [-0.2, 0) is 19.1 Å². The zero-order valence-corrected chi connectivity index (χ0v) is 11.3. The van der Waals surface area contributed by atoms with Crippen molar-refractivity contribution < 1.29 is 19.1 Å². The third-order valence-corrected chi connectivity index (χ3v) is 3.02. The largest absolute Gasteiger partial charge is 0.462 e. The molecular formula is C12H17NO4S. The van der Waals surface area contributed by atoms with E-state index in [4.69, 9.17) is 9.47 Å². The van der Waals surface area contributed by atoms with Gasteiger partial charge in [0.25, 0.3) is 0 Å². The lowest BCUT2D eigenvalue weighted by Gasteiger charge is -2.07. The van der Waals surface area contributed by atoms with Crippen LogP contribution in [-0.4, -0.2) is 36.7 Å². The first-order valence-electron chi connectivity index (χ1n) is 5.76. The maximum Gasteiger partial charge on any atom is 0.347 e. The van der Waals surface area contributed by atoms with Gasteiger partial charge < -0.3 is 14.8 Å². The molecule has 0 radical (unpaired) electrons. The number of ether oxygens (including phenoxy) is 2. The van der Waals surface area contributed by atoms with Crippen LogP contribution in [0.4, 0.5) is 0 Å². The highest BCUT2D eigenvalue weighted by Gasteiger charge is 2.21. The molecule has 100 valence electrons. The van der Waals surface area contributed by atoms with E-state index in [1.165, 1.54) is 6.20 Å². The van der Waals surface area contributed by atoms with Crippen molar-refractivity contribution in [3.05, 3.63) is 23.5 Å². The normalized spacial score (nSPS) is 13.6. The van der Waals surface area contributed by atoms with Crippen molar-refractivity contribution >= 4 is 23.7 Å². The quantitative estimate of drug-likeness (QED) is 0.339. The summed E-state index contributed by atoms with van der Waals surface area (Å²) in [6, 6.07) is 0. The first kappa shape index (κ1) is 14.6. The number of carbonyl (C=O) groups is 2. The maximum absolute atomic E-state index is 11.6. The van der Waals surface area contributed by atoms with Crippen LogP contribution in [0.3, 0.4) is 0 Å². The van der Waals surface area contributed by atoms with Crippen LogP contribution in [0.25, 0.3) is 0 Å². The van der Waals surface area contributed by atoms with Crippen LogP contribution in [0.2, 0.25) is 0 Å². The summed E-state index contributed by atoms with van der Waals surface area (Å²) in [4.78, 5) is 23.2. The van der Waals surface area contributed by atoms with Gasteiger partial charge in [0, 0.05) is 23.4 Å². The minimum atomic E-state index is -0.672. The van der Waals surface area contributed by atoms with Gasteiger partial charge in [-0.1, -0.05) is 6.08 Å². The van der Waals surface area contributed by atoms with E-state index in [0.29, 0.717) is 0 Å². The van der Waals surface area contributed by atoms with Gasteiger partial charge in [0.1, 0.15) is 0 Å². The van der Waals surface area contributed by atoms with Gasteiger partial charge in [-0.15, -0.1) is 0 Å². The van der Waals surface area contributed by atoms with Crippen LogP contribution in [0.15, 0.2) is 23.5 Å². The molecule has 1 rings (SSSR count). The Morgan fingerprint density at radius 3 is 2.39 bits per heavy atom. The molecule has 1 aliphatic rings. The molecule has 0 aliphatic carbocycles. The third kappa shape index (κ3) is 4.44. The number of carbonyl (C=O) groups excluding carboxylic acids is 2. The topological polar surface area (TPSA) is 64.6 Å². The van der Waals surface area contributed by atoms with Crippen LogP contribution in [0.5, 0.6) is 0 Å². The Hall–Kier alpha value is -1.43. The van der Waals surface area contributed by atoms with Crippen molar-refractivity contribution in [1.82, 2.24) is 5.32 Å². The molecule has 0 fully saturated rings. The van der Waals surface area contributed by atoms with Gasteiger partial charge >= 0.3 is 11.9 Å². The van der Waals surface area contributed by atoms with Gasteiger partial charge in [0.2, 0.25) is 0 Å². The van der Waals surface area contributed by atoms with Gasteiger partial charge in [0.15, 0.2) is 5.57 Å². The van der Waals surface area contributed by atoms with Crippen molar-refractivity contribution in [2.24, 2.45) is 0 Å².